The number of ether oxygens (including phenoxy) is 1. The highest BCUT2D eigenvalue weighted by molar-refractivity contribution is 9.11. The molecule has 9 heteroatoms. The van der Waals surface area contributed by atoms with Crippen LogP contribution in [0.4, 0.5) is 5.69 Å². The average molecular weight is 686 g/mol. The van der Waals surface area contributed by atoms with Gasteiger partial charge in [0.15, 0.2) is 5.17 Å². The highest BCUT2D eigenvalue weighted by Crippen LogP contribution is 2.37. The summed E-state index contributed by atoms with van der Waals surface area (Å²) in [6, 6.07) is 15.3. The second-order valence-corrected chi connectivity index (χ2v) is 11.6. The van der Waals surface area contributed by atoms with Crippen molar-refractivity contribution in [2.24, 2.45) is 4.99 Å². The van der Waals surface area contributed by atoms with Gasteiger partial charge >= 0.3 is 0 Å². The molecule has 174 valence electrons. The van der Waals surface area contributed by atoms with Crippen LogP contribution in [0.15, 0.2) is 71.8 Å². The third-order valence-corrected chi connectivity index (χ3v) is 8.51. The molecule has 1 aliphatic heterocycles. The number of rotatable bonds is 5. The fraction of sp³-hybridized carbons (Fsp3) is 0.120. The predicted molar refractivity (Wildman–Crippen MR) is 152 cm³/mol. The highest BCUT2D eigenvalue weighted by atomic mass is 79.9. The smallest absolute Gasteiger partial charge is 0.264 e. The molecular formula is C25H18Br3ClN2O2S. The van der Waals surface area contributed by atoms with Gasteiger partial charge in [0.1, 0.15) is 12.4 Å². The largest absolute Gasteiger partial charge is 0.487 e. The van der Waals surface area contributed by atoms with Crippen LogP contribution in [0.25, 0.3) is 6.08 Å². The lowest BCUT2D eigenvalue weighted by molar-refractivity contribution is -0.115. The molecule has 0 saturated carbocycles. The van der Waals surface area contributed by atoms with Crippen LogP contribution in [-0.2, 0) is 11.4 Å². The van der Waals surface area contributed by atoms with Crippen molar-refractivity contribution in [3.05, 3.63) is 94.1 Å². The topological polar surface area (TPSA) is 50.7 Å². The number of amidine groups is 1. The Morgan fingerprint density at radius 2 is 1.65 bits per heavy atom. The van der Waals surface area contributed by atoms with E-state index in [1.807, 2.05) is 68.5 Å². The van der Waals surface area contributed by atoms with Crippen molar-refractivity contribution in [1.82, 2.24) is 5.32 Å². The van der Waals surface area contributed by atoms with Crippen molar-refractivity contribution in [3.8, 4) is 5.75 Å². The van der Waals surface area contributed by atoms with Gasteiger partial charge < -0.3 is 10.1 Å². The number of amides is 1. The molecule has 1 aliphatic rings. The van der Waals surface area contributed by atoms with E-state index in [2.05, 4.69) is 58.1 Å². The van der Waals surface area contributed by atoms with Crippen LogP contribution >= 0.6 is 71.2 Å². The zero-order valence-electron chi connectivity index (χ0n) is 18.1. The number of benzene rings is 3. The first-order chi connectivity index (χ1) is 16.2. The molecule has 3 aromatic rings. The molecule has 34 heavy (non-hydrogen) atoms. The van der Waals surface area contributed by atoms with Crippen molar-refractivity contribution in [2.45, 2.75) is 20.5 Å². The Hall–Kier alpha value is -1.58. The maximum atomic E-state index is 12.5. The SMILES string of the molecule is Cc1cc(N=C2NC(=O)/C(=C/c3cc(Br)c(OCc4ccc(Cl)cc4)c(Br)c3)S2)cc(C)c1Br. The molecule has 1 fully saturated rings. The molecule has 4 nitrogen and oxygen atoms in total. The summed E-state index contributed by atoms with van der Waals surface area (Å²) in [5.74, 6) is 0.508. The maximum absolute atomic E-state index is 12.5. The van der Waals surface area contributed by atoms with E-state index in [1.54, 1.807) is 0 Å². The standard InChI is InChI=1S/C25H18Br3ClN2O2S/c1-13-7-18(8-14(2)22(13)28)30-25-31-24(32)21(34-25)11-16-9-19(26)23(20(27)10-16)33-12-15-3-5-17(29)6-4-15/h3-11H,12H2,1-2H3,(H,30,31,32)/b21-11-. The number of hydrogen-bond donors (Lipinski definition) is 1. The number of carbonyl (C=O) groups is 1. The van der Waals surface area contributed by atoms with Crippen molar-refractivity contribution in [3.63, 3.8) is 0 Å². The minimum absolute atomic E-state index is 0.176. The highest BCUT2D eigenvalue weighted by Gasteiger charge is 2.24. The van der Waals surface area contributed by atoms with Crippen LogP contribution < -0.4 is 10.1 Å². The van der Waals surface area contributed by atoms with Gasteiger partial charge in [-0.2, -0.15) is 0 Å². The fourth-order valence-corrected chi connectivity index (χ4v) is 5.92. The summed E-state index contributed by atoms with van der Waals surface area (Å²) in [6.07, 6.45) is 1.83. The summed E-state index contributed by atoms with van der Waals surface area (Å²) in [7, 11) is 0. The van der Waals surface area contributed by atoms with Gasteiger partial charge in [-0.05, 0) is 122 Å². The van der Waals surface area contributed by atoms with Crippen molar-refractivity contribution in [2.75, 3.05) is 0 Å². The Labute approximate surface area is 232 Å². The molecule has 0 spiro atoms. The first-order valence-electron chi connectivity index (χ1n) is 10.1. The third-order valence-electron chi connectivity index (χ3n) is 4.92. The number of nitrogens with one attached hydrogen (secondary N) is 1. The lowest BCUT2D eigenvalue weighted by Crippen LogP contribution is -2.19. The number of halogens is 4. The summed E-state index contributed by atoms with van der Waals surface area (Å²) in [5.41, 5.74) is 4.85. The van der Waals surface area contributed by atoms with Crippen LogP contribution in [0.2, 0.25) is 5.02 Å². The van der Waals surface area contributed by atoms with E-state index in [1.165, 1.54) is 11.8 Å². The number of aliphatic imine (C=N–C) groups is 1. The van der Waals surface area contributed by atoms with Crippen LogP contribution in [0.3, 0.4) is 0 Å². The van der Waals surface area contributed by atoms with Gasteiger partial charge in [-0.25, -0.2) is 4.99 Å². The van der Waals surface area contributed by atoms with Crippen LogP contribution in [0.5, 0.6) is 5.75 Å². The molecule has 0 atom stereocenters. The van der Waals surface area contributed by atoms with Gasteiger partial charge in [-0.3, -0.25) is 4.79 Å². The second kappa shape index (κ2) is 11.0. The van der Waals surface area contributed by atoms with Gasteiger partial charge in [0.25, 0.3) is 5.91 Å². The summed E-state index contributed by atoms with van der Waals surface area (Å²) < 4.78 is 8.61. The van der Waals surface area contributed by atoms with Crippen LogP contribution in [0.1, 0.15) is 22.3 Å². The van der Waals surface area contributed by atoms with Gasteiger partial charge in [-0.1, -0.05) is 39.7 Å². The van der Waals surface area contributed by atoms with E-state index in [4.69, 9.17) is 16.3 Å². The first-order valence-corrected chi connectivity index (χ1v) is 13.7. The van der Waals surface area contributed by atoms with E-state index >= 15 is 0 Å². The lowest BCUT2D eigenvalue weighted by Gasteiger charge is -2.11. The van der Waals surface area contributed by atoms with Gasteiger partial charge in [0, 0.05) is 9.50 Å². The lowest BCUT2D eigenvalue weighted by atomic mass is 10.1. The van der Waals surface area contributed by atoms with Gasteiger partial charge in [0.05, 0.1) is 19.5 Å². The van der Waals surface area contributed by atoms with E-state index in [9.17, 15) is 4.79 Å². The fourth-order valence-electron chi connectivity index (χ4n) is 3.27. The first kappa shape index (κ1) is 25.5. The van der Waals surface area contributed by atoms with Crippen molar-refractivity contribution >= 4 is 94.0 Å². The quantitative estimate of drug-likeness (QED) is 0.274. The number of hydrogen-bond acceptors (Lipinski definition) is 4. The summed E-state index contributed by atoms with van der Waals surface area (Å²) in [4.78, 5) is 17.7. The molecule has 0 unspecified atom stereocenters. The average Bonchev–Trinajstić information content (AvgIpc) is 3.11. The normalized spacial score (nSPS) is 15.8. The molecule has 1 N–H and O–H groups in total. The number of carbonyl (C=O) groups excluding carboxylic acids is 1. The van der Waals surface area contributed by atoms with E-state index in [-0.39, 0.29) is 5.91 Å². The molecule has 0 radical (unpaired) electrons. The Morgan fingerprint density at radius 3 is 2.26 bits per heavy atom. The predicted octanol–water partition coefficient (Wildman–Crippen LogP) is 8.71. The molecule has 1 amide bonds. The molecule has 0 aliphatic carbocycles. The zero-order valence-corrected chi connectivity index (χ0v) is 24.4. The van der Waals surface area contributed by atoms with Crippen molar-refractivity contribution in [1.29, 1.82) is 0 Å². The maximum Gasteiger partial charge on any atom is 0.264 e. The molecule has 0 bridgehead atoms. The van der Waals surface area contributed by atoms with Gasteiger partial charge in [0.2, 0.25) is 0 Å². The number of thioether (sulfide) groups is 1. The van der Waals surface area contributed by atoms with Gasteiger partial charge in [-0.15, -0.1) is 0 Å². The van der Waals surface area contributed by atoms with Crippen LogP contribution in [-0.4, -0.2) is 11.1 Å². The minimum Gasteiger partial charge on any atom is -0.487 e. The number of nitrogens with zero attached hydrogens (tertiary/aromatic N) is 1. The molecule has 4 rings (SSSR count). The second-order valence-electron chi connectivity index (χ2n) is 7.60. The molecule has 1 saturated heterocycles. The molecular weight excluding hydrogens is 668 g/mol. The Morgan fingerprint density at radius 1 is 1.03 bits per heavy atom. The zero-order chi connectivity index (χ0) is 24.4. The monoisotopic (exact) mass is 682 g/mol. The molecule has 3 aromatic carbocycles. The van der Waals surface area contributed by atoms with E-state index < -0.39 is 0 Å². The Balaban J connectivity index is 1.51. The summed E-state index contributed by atoms with van der Waals surface area (Å²) in [6.45, 7) is 4.44. The summed E-state index contributed by atoms with van der Waals surface area (Å²) >= 11 is 18.0. The number of aryl methyl sites for hydroxylation is 2. The summed E-state index contributed by atoms with van der Waals surface area (Å²) in [5, 5.41) is 4.09. The van der Waals surface area contributed by atoms with E-state index in [0.717, 1.165) is 41.4 Å². The van der Waals surface area contributed by atoms with E-state index in [0.29, 0.717) is 27.5 Å². The van der Waals surface area contributed by atoms with Crippen LogP contribution in [0, 0.1) is 13.8 Å². The third kappa shape index (κ3) is 6.15. The Bertz CT molecular complexity index is 1290. The Kier molecular flexibility index (Phi) is 8.25. The minimum atomic E-state index is -0.176. The molecule has 0 aromatic heterocycles. The van der Waals surface area contributed by atoms with Crippen molar-refractivity contribution < 1.29 is 9.53 Å². The molecule has 1 heterocycles.